The average molecular weight is 261 g/mol. The molecule has 3 aromatic carbocycles. The van der Waals surface area contributed by atoms with Gasteiger partial charge in [0.25, 0.3) is 0 Å². The lowest BCUT2D eigenvalue weighted by Gasteiger charge is -2.14. The summed E-state index contributed by atoms with van der Waals surface area (Å²) in [5, 5.41) is 2.54. The number of fused-ring (bicyclic) bond motifs is 1. The van der Waals surface area contributed by atoms with Crippen molar-refractivity contribution in [2.75, 3.05) is 0 Å². The average Bonchev–Trinajstić information content (AvgIpc) is 2.53. The van der Waals surface area contributed by atoms with Crippen LogP contribution in [0.3, 0.4) is 0 Å². The third-order valence-electron chi connectivity index (χ3n) is 3.81. The Labute approximate surface area is 120 Å². The van der Waals surface area contributed by atoms with E-state index in [1.807, 2.05) is 6.07 Å². The Morgan fingerprint density at radius 2 is 1.45 bits per heavy atom. The SMILES string of the molecule is N[C@H](CCc1ccccc1)c1cccc2ccccc12. The van der Waals surface area contributed by atoms with E-state index >= 15 is 0 Å². The first-order valence-corrected chi connectivity index (χ1v) is 7.12. The first-order chi connectivity index (χ1) is 9.84. The van der Waals surface area contributed by atoms with Crippen molar-refractivity contribution in [2.45, 2.75) is 18.9 Å². The first kappa shape index (κ1) is 12.9. The number of hydrogen-bond donors (Lipinski definition) is 1. The molecule has 0 fully saturated rings. The molecule has 20 heavy (non-hydrogen) atoms. The van der Waals surface area contributed by atoms with Crippen molar-refractivity contribution in [1.29, 1.82) is 0 Å². The van der Waals surface area contributed by atoms with E-state index in [0.29, 0.717) is 0 Å². The van der Waals surface area contributed by atoms with Gasteiger partial charge in [-0.3, -0.25) is 0 Å². The fourth-order valence-electron chi connectivity index (χ4n) is 2.70. The second-order valence-corrected chi connectivity index (χ2v) is 5.20. The van der Waals surface area contributed by atoms with E-state index in [1.165, 1.54) is 21.9 Å². The third-order valence-corrected chi connectivity index (χ3v) is 3.81. The van der Waals surface area contributed by atoms with Crippen molar-refractivity contribution in [3.63, 3.8) is 0 Å². The second kappa shape index (κ2) is 5.89. The van der Waals surface area contributed by atoms with Gasteiger partial charge in [0, 0.05) is 6.04 Å². The minimum absolute atomic E-state index is 0.0845. The standard InChI is InChI=1S/C19H19N/c20-19(14-13-15-7-2-1-3-8-15)18-12-6-10-16-9-4-5-11-17(16)18/h1-12,19H,13-14,20H2/t19-/m1/s1. The van der Waals surface area contributed by atoms with Gasteiger partial charge in [-0.25, -0.2) is 0 Å². The molecule has 3 rings (SSSR count). The van der Waals surface area contributed by atoms with Gasteiger partial charge in [-0.15, -0.1) is 0 Å². The van der Waals surface area contributed by atoms with Crippen LogP contribution < -0.4 is 5.73 Å². The van der Waals surface area contributed by atoms with Crippen LogP contribution in [0.15, 0.2) is 72.8 Å². The Kier molecular flexibility index (Phi) is 3.80. The third kappa shape index (κ3) is 2.73. The molecule has 0 aliphatic carbocycles. The molecule has 2 N–H and O–H groups in total. The lowest BCUT2D eigenvalue weighted by atomic mass is 9.95. The van der Waals surface area contributed by atoms with Crippen LogP contribution in [0.1, 0.15) is 23.6 Å². The highest BCUT2D eigenvalue weighted by atomic mass is 14.6. The van der Waals surface area contributed by atoms with Crippen molar-refractivity contribution >= 4 is 10.8 Å². The Morgan fingerprint density at radius 1 is 0.750 bits per heavy atom. The lowest BCUT2D eigenvalue weighted by Crippen LogP contribution is -2.11. The van der Waals surface area contributed by atoms with Crippen molar-refractivity contribution in [1.82, 2.24) is 0 Å². The summed E-state index contributed by atoms with van der Waals surface area (Å²) in [4.78, 5) is 0. The minimum Gasteiger partial charge on any atom is -0.324 e. The largest absolute Gasteiger partial charge is 0.324 e. The van der Waals surface area contributed by atoms with Crippen LogP contribution in [-0.4, -0.2) is 0 Å². The summed E-state index contributed by atoms with van der Waals surface area (Å²) >= 11 is 0. The van der Waals surface area contributed by atoms with Gasteiger partial charge < -0.3 is 5.73 Å². The summed E-state index contributed by atoms with van der Waals surface area (Å²) in [7, 11) is 0. The fraction of sp³-hybridized carbons (Fsp3) is 0.158. The van der Waals surface area contributed by atoms with Gasteiger partial charge in [-0.05, 0) is 34.7 Å². The summed E-state index contributed by atoms with van der Waals surface area (Å²) in [6.07, 6.45) is 1.99. The molecule has 3 aromatic rings. The van der Waals surface area contributed by atoms with Crippen LogP contribution in [0.2, 0.25) is 0 Å². The quantitative estimate of drug-likeness (QED) is 0.736. The molecule has 0 heterocycles. The molecule has 0 bridgehead atoms. The van der Waals surface area contributed by atoms with Gasteiger partial charge in [0.05, 0.1) is 0 Å². The van der Waals surface area contributed by atoms with Crippen molar-refractivity contribution < 1.29 is 0 Å². The van der Waals surface area contributed by atoms with Crippen LogP contribution in [0.25, 0.3) is 10.8 Å². The van der Waals surface area contributed by atoms with E-state index in [1.54, 1.807) is 0 Å². The highest BCUT2D eigenvalue weighted by Gasteiger charge is 2.09. The smallest absolute Gasteiger partial charge is 0.0304 e. The van der Waals surface area contributed by atoms with Crippen LogP contribution in [0.5, 0.6) is 0 Å². The first-order valence-electron chi connectivity index (χ1n) is 7.12. The Morgan fingerprint density at radius 3 is 2.30 bits per heavy atom. The fourth-order valence-corrected chi connectivity index (χ4v) is 2.70. The number of nitrogens with two attached hydrogens (primary N) is 1. The Bertz CT molecular complexity index is 683. The molecule has 0 spiro atoms. The number of benzene rings is 3. The highest BCUT2D eigenvalue weighted by molar-refractivity contribution is 5.86. The van der Waals surface area contributed by atoms with Gasteiger partial charge >= 0.3 is 0 Å². The zero-order valence-electron chi connectivity index (χ0n) is 11.5. The normalized spacial score (nSPS) is 12.4. The molecule has 0 saturated carbocycles. The van der Waals surface area contributed by atoms with E-state index in [-0.39, 0.29) is 6.04 Å². The zero-order chi connectivity index (χ0) is 13.8. The molecule has 0 aliphatic rings. The molecule has 1 atom stereocenters. The molecule has 0 radical (unpaired) electrons. The van der Waals surface area contributed by atoms with Crippen LogP contribution in [0, 0.1) is 0 Å². The molecule has 100 valence electrons. The van der Waals surface area contributed by atoms with Crippen molar-refractivity contribution in [3.8, 4) is 0 Å². The summed E-state index contributed by atoms with van der Waals surface area (Å²) in [5.41, 5.74) is 9.01. The van der Waals surface area contributed by atoms with E-state index in [9.17, 15) is 0 Å². The van der Waals surface area contributed by atoms with E-state index in [4.69, 9.17) is 5.73 Å². The Hall–Kier alpha value is -2.12. The number of rotatable bonds is 4. The molecule has 1 nitrogen and oxygen atoms in total. The minimum atomic E-state index is 0.0845. The predicted octanol–water partition coefficient (Wildman–Crippen LogP) is 4.47. The van der Waals surface area contributed by atoms with Crippen LogP contribution >= 0.6 is 0 Å². The van der Waals surface area contributed by atoms with Crippen LogP contribution in [-0.2, 0) is 6.42 Å². The second-order valence-electron chi connectivity index (χ2n) is 5.20. The molecule has 1 heteroatoms. The molecular formula is C19H19N. The van der Waals surface area contributed by atoms with E-state index < -0.39 is 0 Å². The van der Waals surface area contributed by atoms with E-state index in [0.717, 1.165) is 12.8 Å². The monoisotopic (exact) mass is 261 g/mol. The summed E-state index contributed by atoms with van der Waals surface area (Å²) in [5.74, 6) is 0. The molecular weight excluding hydrogens is 242 g/mol. The maximum absolute atomic E-state index is 6.41. The van der Waals surface area contributed by atoms with Crippen LogP contribution in [0.4, 0.5) is 0 Å². The summed E-state index contributed by atoms with van der Waals surface area (Å²) in [6, 6.07) is 25.5. The Balaban J connectivity index is 1.80. The van der Waals surface area contributed by atoms with Crippen molar-refractivity contribution in [3.05, 3.63) is 83.9 Å². The zero-order valence-corrected chi connectivity index (χ0v) is 11.5. The molecule has 0 aliphatic heterocycles. The molecule has 0 unspecified atom stereocenters. The topological polar surface area (TPSA) is 26.0 Å². The van der Waals surface area contributed by atoms with Gasteiger partial charge in [0.1, 0.15) is 0 Å². The van der Waals surface area contributed by atoms with E-state index in [2.05, 4.69) is 66.7 Å². The predicted molar refractivity (Wildman–Crippen MR) is 85.6 cm³/mol. The number of aryl methyl sites for hydroxylation is 1. The highest BCUT2D eigenvalue weighted by Crippen LogP contribution is 2.25. The van der Waals surface area contributed by atoms with Crippen molar-refractivity contribution in [2.24, 2.45) is 5.73 Å². The van der Waals surface area contributed by atoms with Gasteiger partial charge in [0.15, 0.2) is 0 Å². The van der Waals surface area contributed by atoms with Gasteiger partial charge in [-0.2, -0.15) is 0 Å². The maximum Gasteiger partial charge on any atom is 0.0304 e. The molecule has 0 aromatic heterocycles. The molecule has 0 saturated heterocycles. The molecule has 0 amide bonds. The summed E-state index contributed by atoms with van der Waals surface area (Å²) in [6.45, 7) is 0. The van der Waals surface area contributed by atoms with Gasteiger partial charge in [0.2, 0.25) is 0 Å². The lowest BCUT2D eigenvalue weighted by molar-refractivity contribution is 0.656. The van der Waals surface area contributed by atoms with Gasteiger partial charge in [-0.1, -0.05) is 72.8 Å². The number of hydrogen-bond acceptors (Lipinski definition) is 1. The maximum atomic E-state index is 6.41. The summed E-state index contributed by atoms with van der Waals surface area (Å²) < 4.78 is 0.